The molecule has 0 bridgehead atoms. The Hall–Kier alpha value is -1.52. The van der Waals surface area contributed by atoms with Gasteiger partial charge in [0.05, 0.1) is 25.7 Å². The molecule has 0 radical (unpaired) electrons. The van der Waals surface area contributed by atoms with Crippen LogP contribution in [0.5, 0.6) is 11.5 Å². The van der Waals surface area contributed by atoms with Gasteiger partial charge in [0.15, 0.2) is 11.5 Å². The lowest BCUT2D eigenvalue weighted by molar-refractivity contribution is -0.148. The molecular weight excluding hydrogens is 349 g/mol. The van der Waals surface area contributed by atoms with E-state index in [9.17, 15) is 21.6 Å². The van der Waals surface area contributed by atoms with Crippen LogP contribution in [0.15, 0.2) is 23.1 Å². The first-order valence-corrected chi connectivity index (χ1v) is 8.62. The van der Waals surface area contributed by atoms with Gasteiger partial charge >= 0.3 is 6.18 Å². The van der Waals surface area contributed by atoms with Crippen LogP contribution in [0.3, 0.4) is 0 Å². The van der Waals surface area contributed by atoms with Gasteiger partial charge in [-0.3, -0.25) is 4.90 Å². The largest absolute Gasteiger partial charge is 0.493 e. The molecule has 1 aromatic rings. The fraction of sp³-hybridized carbons (Fsp3) is 0.571. The van der Waals surface area contributed by atoms with Crippen molar-refractivity contribution in [3.8, 4) is 11.5 Å². The van der Waals surface area contributed by atoms with E-state index in [1.807, 2.05) is 0 Å². The van der Waals surface area contributed by atoms with Crippen molar-refractivity contribution in [1.82, 2.24) is 9.21 Å². The second kappa shape index (κ2) is 7.16. The molecule has 24 heavy (non-hydrogen) atoms. The Labute approximate surface area is 138 Å². The number of piperazine rings is 1. The molecule has 136 valence electrons. The summed E-state index contributed by atoms with van der Waals surface area (Å²) in [6.45, 7) is -0.950. The summed E-state index contributed by atoms with van der Waals surface area (Å²) in [6.07, 6.45) is -4.29. The number of benzene rings is 1. The van der Waals surface area contributed by atoms with Crippen LogP contribution in [-0.4, -0.2) is 70.7 Å². The second-order valence-corrected chi connectivity index (χ2v) is 7.25. The monoisotopic (exact) mass is 368 g/mol. The van der Waals surface area contributed by atoms with Gasteiger partial charge in [-0.2, -0.15) is 17.5 Å². The average Bonchev–Trinajstić information content (AvgIpc) is 2.53. The molecule has 0 amide bonds. The average molecular weight is 368 g/mol. The van der Waals surface area contributed by atoms with E-state index >= 15 is 0 Å². The highest BCUT2D eigenvalue weighted by molar-refractivity contribution is 7.89. The summed E-state index contributed by atoms with van der Waals surface area (Å²) in [5.74, 6) is 0.667. The quantitative estimate of drug-likeness (QED) is 0.790. The van der Waals surface area contributed by atoms with Crippen LogP contribution in [-0.2, 0) is 10.0 Å². The number of ether oxygens (including phenoxy) is 2. The van der Waals surface area contributed by atoms with Crippen LogP contribution in [0.1, 0.15) is 0 Å². The summed E-state index contributed by atoms with van der Waals surface area (Å²) >= 11 is 0. The van der Waals surface area contributed by atoms with Crippen molar-refractivity contribution in [3.05, 3.63) is 18.2 Å². The minimum absolute atomic E-state index is 0.00670. The van der Waals surface area contributed by atoms with Crippen molar-refractivity contribution in [1.29, 1.82) is 0 Å². The zero-order valence-corrected chi connectivity index (χ0v) is 14.2. The zero-order chi connectivity index (χ0) is 18.0. The fourth-order valence-electron chi connectivity index (χ4n) is 2.51. The van der Waals surface area contributed by atoms with Crippen LogP contribution in [0, 0.1) is 0 Å². The number of hydrogen-bond acceptors (Lipinski definition) is 5. The lowest BCUT2D eigenvalue weighted by Crippen LogP contribution is -2.50. The highest BCUT2D eigenvalue weighted by Gasteiger charge is 2.35. The summed E-state index contributed by atoms with van der Waals surface area (Å²) in [7, 11) is -0.967. The summed E-state index contributed by atoms with van der Waals surface area (Å²) in [6, 6.07) is 4.21. The van der Waals surface area contributed by atoms with Crippen molar-refractivity contribution in [2.45, 2.75) is 11.1 Å². The third-order valence-corrected chi connectivity index (χ3v) is 5.62. The van der Waals surface area contributed by atoms with Gasteiger partial charge in [-0.15, -0.1) is 0 Å². The summed E-state index contributed by atoms with van der Waals surface area (Å²) in [5, 5.41) is 0. The molecule has 2 rings (SSSR count). The molecule has 0 saturated carbocycles. The van der Waals surface area contributed by atoms with E-state index < -0.39 is 22.7 Å². The number of halogens is 3. The molecule has 0 unspecified atom stereocenters. The first kappa shape index (κ1) is 18.8. The topological polar surface area (TPSA) is 59.1 Å². The van der Waals surface area contributed by atoms with Gasteiger partial charge in [0, 0.05) is 32.2 Å². The molecule has 0 aromatic heterocycles. The van der Waals surface area contributed by atoms with E-state index in [1.165, 1.54) is 41.6 Å². The van der Waals surface area contributed by atoms with E-state index in [0.29, 0.717) is 5.75 Å². The molecule has 1 heterocycles. The predicted molar refractivity (Wildman–Crippen MR) is 80.8 cm³/mol. The predicted octanol–water partition coefficient (Wildman–Crippen LogP) is 1.57. The fourth-order valence-corrected chi connectivity index (χ4v) is 3.95. The van der Waals surface area contributed by atoms with Gasteiger partial charge in [0.25, 0.3) is 0 Å². The van der Waals surface area contributed by atoms with Gasteiger partial charge in [-0.1, -0.05) is 0 Å². The van der Waals surface area contributed by atoms with Gasteiger partial charge in [-0.05, 0) is 12.1 Å². The number of nitrogens with zero attached hydrogens (tertiary/aromatic N) is 2. The smallest absolute Gasteiger partial charge is 0.401 e. The maximum atomic E-state index is 12.6. The van der Waals surface area contributed by atoms with Gasteiger partial charge in [0.1, 0.15) is 0 Å². The molecule has 1 saturated heterocycles. The maximum absolute atomic E-state index is 12.6. The summed E-state index contributed by atoms with van der Waals surface area (Å²) in [4.78, 5) is 1.21. The zero-order valence-electron chi connectivity index (χ0n) is 13.3. The Bertz CT molecular complexity index is 671. The molecule has 0 spiro atoms. The third kappa shape index (κ3) is 4.31. The second-order valence-electron chi connectivity index (χ2n) is 5.31. The lowest BCUT2D eigenvalue weighted by atomic mass is 10.3. The molecular formula is C14H19F3N2O4S. The number of alkyl halides is 3. The van der Waals surface area contributed by atoms with Crippen LogP contribution in [0.2, 0.25) is 0 Å². The third-order valence-electron chi connectivity index (χ3n) is 3.73. The first-order valence-electron chi connectivity index (χ1n) is 7.18. The van der Waals surface area contributed by atoms with Crippen LogP contribution in [0.4, 0.5) is 13.2 Å². The van der Waals surface area contributed by atoms with Crippen molar-refractivity contribution in [2.24, 2.45) is 0 Å². The van der Waals surface area contributed by atoms with E-state index in [-0.39, 0.29) is 36.8 Å². The Morgan fingerprint density at radius 2 is 1.62 bits per heavy atom. The van der Waals surface area contributed by atoms with Crippen molar-refractivity contribution in [3.63, 3.8) is 0 Å². The van der Waals surface area contributed by atoms with Crippen molar-refractivity contribution < 1.29 is 31.1 Å². The molecule has 1 fully saturated rings. The molecule has 1 aliphatic rings. The standard InChI is InChI=1S/C14H19F3N2O4S/c1-22-12-4-3-11(9-13(12)23-2)24(20,21)19-7-5-18(6-8-19)10-14(15,16)17/h3-4,9H,5-8,10H2,1-2H3. The Morgan fingerprint density at radius 1 is 1.04 bits per heavy atom. The van der Waals surface area contributed by atoms with E-state index in [2.05, 4.69) is 0 Å². The van der Waals surface area contributed by atoms with Gasteiger partial charge in [-0.25, -0.2) is 8.42 Å². The molecule has 10 heteroatoms. The minimum Gasteiger partial charge on any atom is -0.493 e. The minimum atomic E-state index is -4.29. The molecule has 0 atom stereocenters. The SMILES string of the molecule is COc1ccc(S(=O)(=O)N2CCN(CC(F)(F)F)CC2)cc1OC. The Balaban J connectivity index is 2.12. The lowest BCUT2D eigenvalue weighted by Gasteiger charge is -2.34. The molecule has 0 N–H and O–H groups in total. The summed E-state index contributed by atoms with van der Waals surface area (Å²) < 4.78 is 73.8. The number of sulfonamides is 1. The van der Waals surface area contributed by atoms with Crippen molar-refractivity contribution in [2.75, 3.05) is 46.9 Å². The Kier molecular flexibility index (Phi) is 5.61. The highest BCUT2D eigenvalue weighted by atomic mass is 32.2. The van der Waals surface area contributed by atoms with Crippen LogP contribution >= 0.6 is 0 Å². The summed E-state index contributed by atoms with van der Waals surface area (Å²) in [5.41, 5.74) is 0. The van der Waals surface area contributed by atoms with Gasteiger partial charge < -0.3 is 9.47 Å². The molecule has 1 aliphatic heterocycles. The molecule has 0 aliphatic carbocycles. The maximum Gasteiger partial charge on any atom is 0.401 e. The van der Waals surface area contributed by atoms with Crippen molar-refractivity contribution >= 4 is 10.0 Å². The van der Waals surface area contributed by atoms with Crippen LogP contribution in [0.25, 0.3) is 0 Å². The Morgan fingerprint density at radius 3 is 2.12 bits per heavy atom. The van der Waals surface area contributed by atoms with E-state index in [1.54, 1.807) is 0 Å². The van der Waals surface area contributed by atoms with E-state index in [4.69, 9.17) is 9.47 Å². The molecule has 1 aromatic carbocycles. The first-order chi connectivity index (χ1) is 11.2. The van der Waals surface area contributed by atoms with E-state index in [0.717, 1.165) is 0 Å². The van der Waals surface area contributed by atoms with Crippen LogP contribution < -0.4 is 9.47 Å². The van der Waals surface area contributed by atoms with Gasteiger partial charge in [0.2, 0.25) is 10.0 Å². The number of rotatable bonds is 5. The molecule has 6 nitrogen and oxygen atoms in total. The number of methoxy groups -OCH3 is 2. The number of hydrogen-bond donors (Lipinski definition) is 0. The highest BCUT2D eigenvalue weighted by Crippen LogP contribution is 2.31. The normalized spacial score (nSPS) is 17.7.